The van der Waals surface area contributed by atoms with Crippen molar-refractivity contribution in [1.29, 1.82) is 0 Å². The van der Waals surface area contributed by atoms with E-state index in [0.717, 1.165) is 41.3 Å². The molecule has 2 saturated heterocycles. The van der Waals surface area contributed by atoms with Crippen molar-refractivity contribution < 1.29 is 9.00 Å². The van der Waals surface area contributed by atoms with Crippen LogP contribution in [0.5, 0.6) is 0 Å². The van der Waals surface area contributed by atoms with Gasteiger partial charge in [-0.15, -0.1) is 0 Å². The molecule has 1 aromatic carbocycles. The van der Waals surface area contributed by atoms with Crippen molar-refractivity contribution in [2.45, 2.75) is 44.7 Å². The fraction of sp³-hybridized carbons (Fsp3) is 0.579. The van der Waals surface area contributed by atoms with Gasteiger partial charge in [-0.3, -0.25) is 14.0 Å². The predicted molar refractivity (Wildman–Crippen MR) is 112 cm³/mol. The fourth-order valence-electron chi connectivity index (χ4n) is 4.00. The van der Waals surface area contributed by atoms with E-state index in [1.807, 2.05) is 32.2 Å². The summed E-state index contributed by atoms with van der Waals surface area (Å²) in [6.45, 7) is 4.01. The Kier molecular flexibility index (Phi) is 5.48. The van der Waals surface area contributed by atoms with Crippen molar-refractivity contribution in [3.8, 4) is 0 Å². The predicted octanol–water partition coefficient (Wildman–Crippen LogP) is 2.77. The van der Waals surface area contributed by atoms with Gasteiger partial charge in [0.1, 0.15) is 16.7 Å². The molecule has 0 aliphatic carbocycles. The molecule has 2 aromatic rings. The molecule has 27 heavy (non-hydrogen) atoms. The summed E-state index contributed by atoms with van der Waals surface area (Å²) in [6, 6.07) is 6.74. The van der Waals surface area contributed by atoms with Crippen LogP contribution in [-0.2, 0) is 11.0 Å². The van der Waals surface area contributed by atoms with Crippen molar-refractivity contribution in [2.24, 2.45) is 0 Å². The minimum Gasteiger partial charge on any atom is -0.347 e. The molecular weight excluding hydrogens is 380 g/mol. The lowest BCUT2D eigenvalue weighted by Crippen LogP contribution is -2.52. The number of hydrogen-bond donors (Lipinski definition) is 1. The van der Waals surface area contributed by atoms with Gasteiger partial charge in [-0.05, 0) is 62.0 Å². The number of amides is 1. The zero-order valence-electron chi connectivity index (χ0n) is 15.8. The van der Waals surface area contributed by atoms with Gasteiger partial charge in [0.2, 0.25) is 0 Å². The van der Waals surface area contributed by atoms with E-state index < -0.39 is 11.0 Å². The Hall–Kier alpha value is -1.51. The zero-order chi connectivity index (χ0) is 19.0. The third-order valence-corrected chi connectivity index (χ3v) is 7.86. The molecule has 8 heteroatoms. The molecule has 2 unspecified atom stereocenters. The third kappa shape index (κ3) is 3.75. The molecule has 1 amide bonds. The molecule has 146 valence electrons. The summed E-state index contributed by atoms with van der Waals surface area (Å²) in [5.74, 6) is 0.493. The molecule has 0 radical (unpaired) electrons. The maximum atomic E-state index is 12.8. The molecule has 0 bridgehead atoms. The fourth-order valence-corrected chi connectivity index (χ4v) is 5.55. The molecule has 1 aromatic heterocycles. The Balaban J connectivity index is 1.49. The number of carbonyl (C=O) groups excluding carboxylic acids is 1. The Bertz CT molecular complexity index is 869. The summed E-state index contributed by atoms with van der Waals surface area (Å²) in [5, 5.41) is 4.08. The van der Waals surface area contributed by atoms with E-state index >= 15 is 0 Å². The highest BCUT2D eigenvalue weighted by Gasteiger charge is 2.33. The number of rotatable bonds is 5. The standard InChI is InChI=1S/C19H26N4O2S2/c1-3-27(25)22(2)15-7-8-16-17(11-15)26-21-18(16)19(24)20-13-5-4-6-14-9-10-23(14)12-13/h7-8,11,13-14H,3-6,9-10,12H2,1-2H3,(H,20,24)/t13-,14?,27?/m0/s1. The van der Waals surface area contributed by atoms with Gasteiger partial charge in [0.15, 0.2) is 0 Å². The normalized spacial score (nSPS) is 23.9. The Morgan fingerprint density at radius 1 is 1.41 bits per heavy atom. The molecule has 2 fully saturated rings. The second-order valence-corrected chi connectivity index (χ2v) is 9.93. The topological polar surface area (TPSA) is 65.5 Å². The van der Waals surface area contributed by atoms with Crippen LogP contribution in [0.1, 0.15) is 43.1 Å². The van der Waals surface area contributed by atoms with Crippen LogP contribution in [0.25, 0.3) is 10.1 Å². The maximum Gasteiger partial charge on any atom is 0.271 e. The SMILES string of the molecule is CCS(=O)N(C)c1ccc2c(C(=O)N[C@H]3CCCC4CCN4C3)nsc2c1. The second-order valence-electron chi connectivity index (χ2n) is 7.36. The number of anilines is 1. The van der Waals surface area contributed by atoms with Gasteiger partial charge in [-0.1, -0.05) is 6.92 Å². The molecule has 4 rings (SSSR count). The van der Waals surface area contributed by atoms with Gasteiger partial charge < -0.3 is 5.32 Å². The van der Waals surface area contributed by atoms with E-state index in [0.29, 0.717) is 11.4 Å². The van der Waals surface area contributed by atoms with E-state index in [9.17, 15) is 9.00 Å². The molecule has 0 saturated carbocycles. The number of nitrogens with zero attached hydrogens (tertiary/aromatic N) is 3. The Labute approximate surface area is 166 Å². The Morgan fingerprint density at radius 3 is 3.00 bits per heavy atom. The summed E-state index contributed by atoms with van der Waals surface area (Å²) >= 11 is 1.32. The van der Waals surface area contributed by atoms with Gasteiger partial charge in [0.05, 0.1) is 10.4 Å². The molecule has 0 spiro atoms. The molecule has 1 N–H and O–H groups in total. The number of aromatic nitrogens is 1. The van der Waals surface area contributed by atoms with Crippen LogP contribution in [-0.4, -0.2) is 57.4 Å². The minimum atomic E-state index is -1.04. The first-order chi connectivity index (χ1) is 13.1. The number of benzene rings is 1. The van der Waals surface area contributed by atoms with Crippen LogP contribution in [0.15, 0.2) is 18.2 Å². The average Bonchev–Trinajstić information content (AvgIpc) is 3.04. The van der Waals surface area contributed by atoms with Crippen molar-refractivity contribution in [3.05, 3.63) is 23.9 Å². The van der Waals surface area contributed by atoms with Crippen molar-refractivity contribution >= 4 is 44.2 Å². The van der Waals surface area contributed by atoms with Gasteiger partial charge >= 0.3 is 0 Å². The Morgan fingerprint density at radius 2 is 2.26 bits per heavy atom. The number of nitrogens with one attached hydrogen (secondary N) is 1. The van der Waals surface area contributed by atoms with Crippen molar-refractivity contribution in [3.63, 3.8) is 0 Å². The highest BCUT2D eigenvalue weighted by atomic mass is 32.2. The lowest BCUT2D eigenvalue weighted by molar-refractivity contribution is 0.0787. The summed E-state index contributed by atoms with van der Waals surface area (Å²) < 4.78 is 19.1. The third-order valence-electron chi connectivity index (χ3n) is 5.73. The number of carbonyl (C=O) groups is 1. The summed E-state index contributed by atoms with van der Waals surface area (Å²) in [6.07, 6.45) is 4.77. The van der Waals surface area contributed by atoms with E-state index in [1.165, 1.54) is 30.8 Å². The highest BCUT2D eigenvalue weighted by Crippen LogP contribution is 2.29. The van der Waals surface area contributed by atoms with E-state index in [2.05, 4.69) is 14.6 Å². The molecule has 3 heterocycles. The van der Waals surface area contributed by atoms with Crippen LogP contribution in [0, 0.1) is 0 Å². The van der Waals surface area contributed by atoms with E-state index in [1.54, 1.807) is 4.31 Å². The monoisotopic (exact) mass is 406 g/mol. The summed E-state index contributed by atoms with van der Waals surface area (Å²) in [4.78, 5) is 15.3. The molecule has 6 nitrogen and oxygen atoms in total. The first kappa shape index (κ1) is 18.8. The first-order valence-electron chi connectivity index (χ1n) is 9.63. The van der Waals surface area contributed by atoms with Crippen LogP contribution < -0.4 is 9.62 Å². The largest absolute Gasteiger partial charge is 0.347 e. The smallest absolute Gasteiger partial charge is 0.271 e. The van der Waals surface area contributed by atoms with E-state index in [4.69, 9.17) is 0 Å². The quantitative estimate of drug-likeness (QED) is 0.829. The van der Waals surface area contributed by atoms with E-state index in [-0.39, 0.29) is 11.9 Å². The second kappa shape index (κ2) is 7.85. The van der Waals surface area contributed by atoms with Crippen LogP contribution in [0.3, 0.4) is 0 Å². The lowest BCUT2D eigenvalue weighted by Gasteiger charge is -2.40. The zero-order valence-corrected chi connectivity index (χ0v) is 17.4. The highest BCUT2D eigenvalue weighted by molar-refractivity contribution is 7.86. The first-order valence-corrected chi connectivity index (χ1v) is 11.7. The van der Waals surface area contributed by atoms with Gasteiger partial charge in [0, 0.05) is 36.8 Å². The van der Waals surface area contributed by atoms with Gasteiger partial charge in [-0.25, -0.2) is 4.21 Å². The molecule has 2 aliphatic heterocycles. The average molecular weight is 407 g/mol. The van der Waals surface area contributed by atoms with Crippen LogP contribution >= 0.6 is 11.5 Å². The van der Waals surface area contributed by atoms with Crippen molar-refractivity contribution in [2.75, 3.05) is 30.2 Å². The molecular formula is C19H26N4O2S2. The van der Waals surface area contributed by atoms with Gasteiger partial charge in [-0.2, -0.15) is 4.37 Å². The lowest BCUT2D eigenvalue weighted by atomic mass is 10.00. The minimum absolute atomic E-state index is 0.0801. The number of hydrogen-bond acceptors (Lipinski definition) is 5. The number of fused-ring (bicyclic) bond motifs is 2. The maximum absolute atomic E-state index is 12.8. The van der Waals surface area contributed by atoms with Gasteiger partial charge in [0.25, 0.3) is 5.91 Å². The van der Waals surface area contributed by atoms with Crippen LogP contribution in [0.2, 0.25) is 0 Å². The summed E-state index contributed by atoms with van der Waals surface area (Å²) in [7, 11) is 0.782. The molecule has 3 atom stereocenters. The molecule has 2 aliphatic rings. The van der Waals surface area contributed by atoms with Crippen molar-refractivity contribution in [1.82, 2.24) is 14.6 Å². The summed E-state index contributed by atoms with van der Waals surface area (Å²) in [5.41, 5.74) is 1.39. The van der Waals surface area contributed by atoms with Crippen LogP contribution in [0.4, 0.5) is 5.69 Å².